The van der Waals surface area contributed by atoms with Crippen molar-refractivity contribution >= 4 is 0 Å². The number of rotatable bonds is 5. The third kappa shape index (κ3) is 3.76. The lowest BCUT2D eigenvalue weighted by Gasteiger charge is -2.33. The van der Waals surface area contributed by atoms with Gasteiger partial charge in [-0.3, -0.25) is 0 Å². The van der Waals surface area contributed by atoms with E-state index < -0.39 is 0 Å². The minimum absolute atomic E-state index is 0.0649. The van der Waals surface area contributed by atoms with Crippen LogP contribution >= 0.6 is 0 Å². The average molecular weight is 356 g/mol. The van der Waals surface area contributed by atoms with Gasteiger partial charge in [0, 0.05) is 26.6 Å². The fourth-order valence-corrected chi connectivity index (χ4v) is 4.21. The number of piperidine rings is 1. The number of ether oxygens (including phenoxy) is 1. The quantitative estimate of drug-likeness (QED) is 0.821. The Morgan fingerprint density at radius 1 is 1.12 bits per heavy atom. The number of benzene rings is 1. The number of nitrogens with zero attached hydrogens (tertiary/aromatic N) is 4. The summed E-state index contributed by atoms with van der Waals surface area (Å²) in [4.78, 5) is 15.1. The van der Waals surface area contributed by atoms with Gasteiger partial charge in [0.1, 0.15) is 5.82 Å². The van der Waals surface area contributed by atoms with Crippen LogP contribution in [0.1, 0.15) is 25.1 Å². The summed E-state index contributed by atoms with van der Waals surface area (Å²) in [6.45, 7) is 5.31. The molecule has 4 rings (SSSR count). The Morgan fingerprint density at radius 2 is 1.88 bits per heavy atom. The van der Waals surface area contributed by atoms with E-state index in [1.807, 2.05) is 30.3 Å². The maximum atomic E-state index is 12.5. The Morgan fingerprint density at radius 3 is 2.58 bits per heavy atom. The van der Waals surface area contributed by atoms with Crippen molar-refractivity contribution in [3.63, 3.8) is 0 Å². The third-order valence-electron chi connectivity index (χ3n) is 5.72. The standard InChI is InChI=1S/C20H28N4O2/c1-22-20(25)24(18-5-3-2-4-6-18)19(21-22)13-16-7-10-23(11-8-16)14-17-9-12-26-15-17/h2-6,16-17H,7-15H2,1H3. The Balaban J connectivity index is 1.41. The first-order valence-corrected chi connectivity index (χ1v) is 9.71. The number of para-hydroxylation sites is 1. The highest BCUT2D eigenvalue weighted by Crippen LogP contribution is 2.23. The molecule has 140 valence electrons. The number of aryl methyl sites for hydroxylation is 1. The molecule has 0 aliphatic carbocycles. The molecule has 0 radical (unpaired) electrons. The van der Waals surface area contributed by atoms with Crippen LogP contribution in [0.15, 0.2) is 35.1 Å². The Kier molecular flexibility index (Phi) is 5.22. The summed E-state index contributed by atoms with van der Waals surface area (Å²) < 4.78 is 8.72. The fourth-order valence-electron chi connectivity index (χ4n) is 4.21. The molecule has 2 saturated heterocycles. The summed E-state index contributed by atoms with van der Waals surface area (Å²) in [5.41, 5.74) is 0.837. The lowest BCUT2D eigenvalue weighted by molar-refractivity contribution is 0.140. The summed E-state index contributed by atoms with van der Waals surface area (Å²) in [6, 6.07) is 9.83. The van der Waals surface area contributed by atoms with Crippen LogP contribution < -0.4 is 5.69 Å². The van der Waals surface area contributed by atoms with Gasteiger partial charge in [0.25, 0.3) is 0 Å². The molecule has 1 atom stereocenters. The highest BCUT2D eigenvalue weighted by atomic mass is 16.5. The van der Waals surface area contributed by atoms with Crippen LogP contribution in [0, 0.1) is 11.8 Å². The maximum absolute atomic E-state index is 12.5. The lowest BCUT2D eigenvalue weighted by atomic mass is 9.92. The molecule has 0 N–H and O–H groups in total. The molecular formula is C20H28N4O2. The molecule has 1 aromatic carbocycles. The Bertz CT molecular complexity index is 769. The monoisotopic (exact) mass is 356 g/mol. The van der Waals surface area contributed by atoms with E-state index in [1.54, 1.807) is 11.6 Å². The van der Waals surface area contributed by atoms with Crippen LogP contribution in [0.2, 0.25) is 0 Å². The first kappa shape index (κ1) is 17.5. The number of hydrogen-bond donors (Lipinski definition) is 0. The molecule has 2 aliphatic heterocycles. The van der Waals surface area contributed by atoms with E-state index in [2.05, 4.69) is 10.00 Å². The second-order valence-corrected chi connectivity index (χ2v) is 7.67. The van der Waals surface area contributed by atoms with Crippen molar-refractivity contribution < 1.29 is 4.74 Å². The SMILES string of the molecule is Cn1nc(CC2CCN(CC3CCOC3)CC2)n(-c2ccccc2)c1=O. The summed E-state index contributed by atoms with van der Waals surface area (Å²) in [5.74, 6) is 2.19. The second kappa shape index (κ2) is 7.76. The minimum Gasteiger partial charge on any atom is -0.381 e. The van der Waals surface area contributed by atoms with Crippen molar-refractivity contribution in [3.8, 4) is 5.69 Å². The van der Waals surface area contributed by atoms with Crippen molar-refractivity contribution in [2.45, 2.75) is 25.7 Å². The molecule has 26 heavy (non-hydrogen) atoms. The average Bonchev–Trinajstić information content (AvgIpc) is 3.26. The van der Waals surface area contributed by atoms with E-state index in [1.165, 1.54) is 30.5 Å². The van der Waals surface area contributed by atoms with Crippen molar-refractivity contribution in [1.29, 1.82) is 0 Å². The first-order chi connectivity index (χ1) is 12.7. The number of aromatic nitrogens is 3. The largest absolute Gasteiger partial charge is 0.381 e. The van der Waals surface area contributed by atoms with Crippen LogP contribution in [0.25, 0.3) is 5.69 Å². The molecule has 6 nitrogen and oxygen atoms in total. The molecule has 0 amide bonds. The van der Waals surface area contributed by atoms with Gasteiger partial charge in [-0.1, -0.05) is 18.2 Å². The summed E-state index contributed by atoms with van der Waals surface area (Å²) in [7, 11) is 1.73. The zero-order valence-corrected chi connectivity index (χ0v) is 15.5. The van der Waals surface area contributed by atoms with Gasteiger partial charge in [-0.15, -0.1) is 0 Å². The van der Waals surface area contributed by atoms with Crippen molar-refractivity contribution in [2.24, 2.45) is 18.9 Å². The van der Waals surface area contributed by atoms with Crippen molar-refractivity contribution in [1.82, 2.24) is 19.2 Å². The van der Waals surface area contributed by atoms with Crippen LogP contribution in [0.4, 0.5) is 0 Å². The highest BCUT2D eigenvalue weighted by molar-refractivity contribution is 5.32. The van der Waals surface area contributed by atoms with Crippen LogP contribution in [-0.2, 0) is 18.2 Å². The zero-order valence-electron chi connectivity index (χ0n) is 15.5. The van der Waals surface area contributed by atoms with Gasteiger partial charge in [-0.05, 0) is 56.3 Å². The molecule has 0 spiro atoms. The van der Waals surface area contributed by atoms with E-state index >= 15 is 0 Å². The lowest BCUT2D eigenvalue weighted by Crippen LogP contribution is -2.38. The number of hydrogen-bond acceptors (Lipinski definition) is 4. The molecule has 1 aromatic heterocycles. The van der Waals surface area contributed by atoms with E-state index in [-0.39, 0.29) is 5.69 Å². The molecule has 2 aromatic rings. The van der Waals surface area contributed by atoms with Gasteiger partial charge in [-0.2, -0.15) is 5.10 Å². The van der Waals surface area contributed by atoms with Gasteiger partial charge in [-0.25, -0.2) is 14.0 Å². The van der Waals surface area contributed by atoms with Gasteiger partial charge in [0.15, 0.2) is 0 Å². The topological polar surface area (TPSA) is 52.3 Å². The smallest absolute Gasteiger partial charge is 0.350 e. The summed E-state index contributed by atoms with van der Waals surface area (Å²) in [5, 5.41) is 4.52. The van der Waals surface area contributed by atoms with Crippen LogP contribution in [0.5, 0.6) is 0 Å². The van der Waals surface area contributed by atoms with Crippen LogP contribution in [0.3, 0.4) is 0 Å². The Hall–Kier alpha value is -1.92. The first-order valence-electron chi connectivity index (χ1n) is 9.71. The second-order valence-electron chi connectivity index (χ2n) is 7.67. The van der Waals surface area contributed by atoms with E-state index in [9.17, 15) is 4.79 Å². The highest BCUT2D eigenvalue weighted by Gasteiger charge is 2.25. The van der Waals surface area contributed by atoms with Gasteiger partial charge in [0.05, 0.1) is 12.3 Å². The number of likely N-dealkylation sites (tertiary alicyclic amines) is 1. The third-order valence-corrected chi connectivity index (χ3v) is 5.72. The van der Waals surface area contributed by atoms with Crippen molar-refractivity contribution in [3.05, 3.63) is 46.6 Å². The summed E-state index contributed by atoms with van der Waals surface area (Å²) >= 11 is 0. The minimum atomic E-state index is -0.0649. The van der Waals surface area contributed by atoms with E-state index in [0.29, 0.717) is 11.8 Å². The molecule has 6 heteroatoms. The molecule has 0 saturated carbocycles. The van der Waals surface area contributed by atoms with E-state index in [0.717, 1.165) is 44.2 Å². The van der Waals surface area contributed by atoms with Crippen molar-refractivity contribution in [2.75, 3.05) is 32.8 Å². The van der Waals surface area contributed by atoms with Gasteiger partial charge >= 0.3 is 5.69 Å². The van der Waals surface area contributed by atoms with E-state index in [4.69, 9.17) is 4.74 Å². The predicted octanol–water partition coefficient (Wildman–Crippen LogP) is 1.86. The molecule has 1 unspecified atom stereocenters. The van der Waals surface area contributed by atoms with Gasteiger partial charge in [0.2, 0.25) is 0 Å². The summed E-state index contributed by atoms with van der Waals surface area (Å²) in [6.07, 6.45) is 4.42. The molecule has 3 heterocycles. The fraction of sp³-hybridized carbons (Fsp3) is 0.600. The van der Waals surface area contributed by atoms with Crippen LogP contribution in [-0.4, -0.2) is 52.1 Å². The molecule has 0 bridgehead atoms. The maximum Gasteiger partial charge on any atom is 0.350 e. The molecular weight excluding hydrogens is 328 g/mol. The van der Waals surface area contributed by atoms with Gasteiger partial charge < -0.3 is 9.64 Å². The Labute approximate surface area is 154 Å². The molecule has 2 aliphatic rings. The predicted molar refractivity (Wildman–Crippen MR) is 101 cm³/mol. The zero-order chi connectivity index (χ0) is 17.9. The normalized spacial score (nSPS) is 22.1. The molecule has 2 fully saturated rings.